The molecular weight excluding hydrogens is 476 g/mol. The summed E-state index contributed by atoms with van der Waals surface area (Å²) in [5.74, 6) is 1.85. The van der Waals surface area contributed by atoms with E-state index >= 15 is 0 Å². The summed E-state index contributed by atoms with van der Waals surface area (Å²) in [7, 11) is 0. The summed E-state index contributed by atoms with van der Waals surface area (Å²) >= 11 is 1.31. The standard InChI is InChI=1S/C27H28N4O4S/c1-4-34-25-16-22(14-15-24(25)35-18-21-12-10-19(2)11-13-21)26(17-30(32)33)36-27-29-28-20(3)31(27)23-8-6-5-7-9-23/h5-16,26H,4,17-18H2,1-3H3/t26-/m0/s1. The molecule has 36 heavy (non-hydrogen) atoms. The molecular formula is C27H28N4O4S. The molecule has 0 radical (unpaired) electrons. The van der Waals surface area contributed by atoms with Crippen LogP contribution in [0.4, 0.5) is 0 Å². The van der Waals surface area contributed by atoms with Crippen molar-refractivity contribution in [3.05, 3.63) is 105 Å². The van der Waals surface area contributed by atoms with E-state index in [2.05, 4.69) is 10.2 Å². The smallest absolute Gasteiger partial charge is 0.220 e. The van der Waals surface area contributed by atoms with Gasteiger partial charge in [0.15, 0.2) is 16.7 Å². The molecule has 0 saturated carbocycles. The molecule has 4 rings (SSSR count). The third kappa shape index (κ3) is 6.23. The Morgan fingerprint density at radius 2 is 1.72 bits per heavy atom. The van der Waals surface area contributed by atoms with Gasteiger partial charge in [-0.3, -0.25) is 14.7 Å². The van der Waals surface area contributed by atoms with Crippen LogP contribution >= 0.6 is 11.8 Å². The van der Waals surface area contributed by atoms with Crippen molar-refractivity contribution in [2.24, 2.45) is 0 Å². The number of hydrogen-bond donors (Lipinski definition) is 0. The highest BCUT2D eigenvalue weighted by atomic mass is 32.2. The molecule has 0 saturated heterocycles. The summed E-state index contributed by atoms with van der Waals surface area (Å²) in [6.07, 6.45) is 0. The lowest BCUT2D eigenvalue weighted by Gasteiger charge is -2.17. The van der Waals surface area contributed by atoms with Gasteiger partial charge in [0.05, 0.1) is 6.61 Å². The Morgan fingerprint density at radius 3 is 2.42 bits per heavy atom. The number of aromatic nitrogens is 3. The Bertz CT molecular complexity index is 1310. The van der Waals surface area contributed by atoms with E-state index in [4.69, 9.17) is 9.47 Å². The van der Waals surface area contributed by atoms with Crippen LogP contribution in [0.2, 0.25) is 0 Å². The number of nitrogens with zero attached hydrogens (tertiary/aromatic N) is 4. The Labute approximate surface area is 214 Å². The van der Waals surface area contributed by atoms with Gasteiger partial charge in [0, 0.05) is 10.6 Å². The molecule has 8 nitrogen and oxygen atoms in total. The second-order valence-electron chi connectivity index (χ2n) is 8.24. The highest BCUT2D eigenvalue weighted by Gasteiger charge is 2.25. The van der Waals surface area contributed by atoms with Crippen molar-refractivity contribution in [3.63, 3.8) is 0 Å². The second-order valence-corrected chi connectivity index (χ2v) is 9.41. The highest BCUT2D eigenvalue weighted by Crippen LogP contribution is 2.39. The second kappa shape index (κ2) is 11.7. The minimum atomic E-state index is -0.503. The highest BCUT2D eigenvalue weighted by molar-refractivity contribution is 7.99. The first kappa shape index (κ1) is 25.2. The minimum Gasteiger partial charge on any atom is -0.490 e. The lowest BCUT2D eigenvalue weighted by atomic mass is 10.1. The quantitative estimate of drug-likeness (QED) is 0.141. The van der Waals surface area contributed by atoms with Crippen molar-refractivity contribution in [1.29, 1.82) is 0 Å². The van der Waals surface area contributed by atoms with Gasteiger partial charge in [0.1, 0.15) is 17.7 Å². The van der Waals surface area contributed by atoms with E-state index in [1.807, 2.05) is 98.1 Å². The summed E-state index contributed by atoms with van der Waals surface area (Å²) in [6, 6.07) is 23.3. The lowest BCUT2D eigenvalue weighted by molar-refractivity contribution is -0.479. The van der Waals surface area contributed by atoms with Crippen LogP contribution in [0.5, 0.6) is 11.5 Å². The van der Waals surface area contributed by atoms with Gasteiger partial charge in [-0.25, -0.2) is 0 Å². The maximum Gasteiger partial charge on any atom is 0.220 e. The SMILES string of the molecule is CCOc1cc([C@H](C[N+](=O)[O-])Sc2nnc(C)n2-c2ccccc2)ccc1OCc1ccc(C)cc1. The first-order valence-electron chi connectivity index (χ1n) is 11.7. The van der Waals surface area contributed by atoms with Gasteiger partial charge in [-0.15, -0.1) is 10.2 Å². The largest absolute Gasteiger partial charge is 0.490 e. The zero-order valence-corrected chi connectivity index (χ0v) is 21.3. The van der Waals surface area contributed by atoms with E-state index in [0.717, 1.165) is 16.8 Å². The monoisotopic (exact) mass is 504 g/mol. The molecule has 0 aliphatic heterocycles. The summed E-state index contributed by atoms with van der Waals surface area (Å²) in [6.45, 7) is 6.36. The maximum absolute atomic E-state index is 11.6. The third-order valence-electron chi connectivity index (χ3n) is 5.53. The molecule has 9 heteroatoms. The van der Waals surface area contributed by atoms with E-state index in [0.29, 0.717) is 35.7 Å². The summed E-state index contributed by atoms with van der Waals surface area (Å²) in [5.41, 5.74) is 3.88. The number of hydrogen-bond acceptors (Lipinski definition) is 7. The summed E-state index contributed by atoms with van der Waals surface area (Å²) < 4.78 is 13.8. The van der Waals surface area contributed by atoms with Crippen LogP contribution in [0.3, 0.4) is 0 Å². The molecule has 4 aromatic rings. The average molecular weight is 505 g/mol. The van der Waals surface area contributed by atoms with Crippen molar-refractivity contribution in [1.82, 2.24) is 14.8 Å². The number of benzene rings is 3. The number of ether oxygens (including phenoxy) is 2. The van der Waals surface area contributed by atoms with Crippen LogP contribution in [0.1, 0.15) is 34.7 Å². The normalized spacial score (nSPS) is 11.8. The van der Waals surface area contributed by atoms with Gasteiger partial charge in [0.2, 0.25) is 6.54 Å². The first-order valence-corrected chi connectivity index (χ1v) is 12.5. The van der Waals surface area contributed by atoms with E-state index < -0.39 is 5.25 Å². The van der Waals surface area contributed by atoms with Gasteiger partial charge >= 0.3 is 0 Å². The molecule has 0 N–H and O–H groups in total. The van der Waals surface area contributed by atoms with Gasteiger partial charge in [-0.2, -0.15) is 0 Å². The van der Waals surface area contributed by atoms with Crippen molar-refractivity contribution in [2.75, 3.05) is 13.2 Å². The molecule has 0 amide bonds. The Balaban J connectivity index is 1.61. The molecule has 186 valence electrons. The van der Waals surface area contributed by atoms with Gasteiger partial charge < -0.3 is 9.47 Å². The van der Waals surface area contributed by atoms with E-state index in [9.17, 15) is 10.1 Å². The molecule has 0 unspecified atom stereocenters. The van der Waals surface area contributed by atoms with Crippen LogP contribution < -0.4 is 9.47 Å². The molecule has 0 aliphatic rings. The number of nitro groups is 1. The zero-order chi connectivity index (χ0) is 25.5. The number of para-hydroxylation sites is 1. The third-order valence-corrected chi connectivity index (χ3v) is 6.71. The molecule has 1 aromatic heterocycles. The fraction of sp³-hybridized carbons (Fsp3) is 0.259. The van der Waals surface area contributed by atoms with Crippen LogP contribution in [-0.4, -0.2) is 32.8 Å². The molecule has 1 heterocycles. The Morgan fingerprint density at radius 1 is 0.972 bits per heavy atom. The fourth-order valence-corrected chi connectivity index (χ4v) is 4.89. The van der Waals surface area contributed by atoms with Gasteiger partial charge in [0.25, 0.3) is 0 Å². The average Bonchev–Trinajstić information content (AvgIpc) is 3.24. The molecule has 0 aliphatic carbocycles. The van der Waals surface area contributed by atoms with Crippen molar-refractivity contribution < 1.29 is 14.4 Å². The van der Waals surface area contributed by atoms with Crippen LogP contribution in [0.15, 0.2) is 78.0 Å². The summed E-state index contributed by atoms with van der Waals surface area (Å²) in [4.78, 5) is 11.3. The number of rotatable bonds is 11. The maximum atomic E-state index is 11.6. The zero-order valence-electron chi connectivity index (χ0n) is 20.5. The van der Waals surface area contributed by atoms with Crippen molar-refractivity contribution in [3.8, 4) is 17.2 Å². The van der Waals surface area contributed by atoms with Gasteiger partial charge in [-0.05, 0) is 56.2 Å². The van der Waals surface area contributed by atoms with Crippen LogP contribution in [-0.2, 0) is 6.61 Å². The minimum absolute atomic E-state index is 0.277. The van der Waals surface area contributed by atoms with Crippen LogP contribution in [0.25, 0.3) is 5.69 Å². The van der Waals surface area contributed by atoms with Crippen molar-refractivity contribution in [2.45, 2.75) is 37.8 Å². The molecule has 0 fully saturated rings. The van der Waals surface area contributed by atoms with E-state index in [1.54, 1.807) is 0 Å². The predicted molar refractivity (Wildman–Crippen MR) is 140 cm³/mol. The van der Waals surface area contributed by atoms with E-state index in [1.165, 1.54) is 17.3 Å². The number of aryl methyl sites for hydroxylation is 2. The fourth-order valence-electron chi connectivity index (χ4n) is 3.72. The Kier molecular flexibility index (Phi) is 8.22. The topological polar surface area (TPSA) is 92.3 Å². The molecule has 3 aromatic carbocycles. The predicted octanol–water partition coefficient (Wildman–Crippen LogP) is 5.97. The molecule has 1 atom stereocenters. The van der Waals surface area contributed by atoms with Crippen molar-refractivity contribution >= 4 is 11.8 Å². The molecule has 0 spiro atoms. The van der Waals surface area contributed by atoms with Crippen LogP contribution in [0, 0.1) is 24.0 Å². The summed E-state index contributed by atoms with van der Waals surface area (Å²) in [5, 5.41) is 20.2. The van der Waals surface area contributed by atoms with Gasteiger partial charge in [-0.1, -0.05) is 65.9 Å². The Hall–Kier alpha value is -3.85. The lowest BCUT2D eigenvalue weighted by Crippen LogP contribution is -2.11. The first-order chi connectivity index (χ1) is 17.4. The van der Waals surface area contributed by atoms with E-state index in [-0.39, 0.29) is 11.5 Å². The molecule has 0 bridgehead atoms. The number of thioether (sulfide) groups is 1.